The quantitative estimate of drug-likeness (QED) is 0.494. The third kappa shape index (κ3) is 5.11. The minimum absolute atomic E-state index is 0.00263. The topological polar surface area (TPSA) is 76.6 Å². The molecule has 0 N–H and O–H groups in total. The largest absolute Gasteiger partial charge is 0.376 e. The Bertz CT molecular complexity index is 1190. The van der Waals surface area contributed by atoms with E-state index in [2.05, 4.69) is 4.98 Å². The number of nitrogens with zero attached hydrogens (tertiary/aromatic N) is 2. The van der Waals surface area contributed by atoms with Crippen LogP contribution in [0.25, 0.3) is 10.2 Å². The molecule has 1 fully saturated rings. The van der Waals surface area contributed by atoms with Gasteiger partial charge in [-0.05, 0) is 61.7 Å². The second-order valence-electron chi connectivity index (χ2n) is 7.63. The van der Waals surface area contributed by atoms with Gasteiger partial charge in [0.05, 0.1) is 33.5 Å². The van der Waals surface area contributed by atoms with E-state index >= 15 is 0 Å². The molecule has 0 spiro atoms. The number of amides is 1. The van der Waals surface area contributed by atoms with Gasteiger partial charge in [-0.3, -0.25) is 9.69 Å². The molecule has 4 rings (SSSR count). The van der Waals surface area contributed by atoms with Gasteiger partial charge in [-0.25, -0.2) is 17.8 Å². The third-order valence-electron chi connectivity index (χ3n) is 5.23. The zero-order valence-corrected chi connectivity index (χ0v) is 18.7. The lowest BCUT2D eigenvalue weighted by molar-refractivity contribution is -0.118. The summed E-state index contributed by atoms with van der Waals surface area (Å²) in [5.41, 5.74) is 1.90. The number of rotatable bonds is 7. The number of fused-ring (bicyclic) bond motifs is 1. The Labute approximate surface area is 184 Å². The van der Waals surface area contributed by atoms with Crippen LogP contribution in [0.15, 0.2) is 47.4 Å². The Morgan fingerprint density at radius 2 is 2.03 bits per heavy atom. The summed E-state index contributed by atoms with van der Waals surface area (Å²) >= 11 is 1.41. The SMILES string of the molecule is Cc1ccc2nc(N(CC3CCCO3)C(=O)CCS(=O)(=O)c3ccc(F)cc3)sc2c1. The van der Waals surface area contributed by atoms with Gasteiger partial charge >= 0.3 is 0 Å². The second kappa shape index (κ2) is 9.02. The van der Waals surface area contributed by atoms with Crippen LogP contribution >= 0.6 is 11.3 Å². The van der Waals surface area contributed by atoms with E-state index in [0.29, 0.717) is 18.3 Å². The number of benzene rings is 2. The molecule has 1 atom stereocenters. The molecule has 1 unspecified atom stereocenters. The molecule has 0 saturated carbocycles. The maximum absolute atomic E-state index is 13.1. The first kappa shape index (κ1) is 21.9. The number of hydrogen-bond donors (Lipinski definition) is 0. The summed E-state index contributed by atoms with van der Waals surface area (Å²) in [5, 5.41) is 0.542. The zero-order chi connectivity index (χ0) is 22.0. The molecule has 1 aliphatic heterocycles. The van der Waals surface area contributed by atoms with Crippen molar-refractivity contribution in [1.29, 1.82) is 0 Å². The fraction of sp³-hybridized carbons (Fsp3) is 0.364. The van der Waals surface area contributed by atoms with Crippen molar-refractivity contribution in [3.63, 3.8) is 0 Å². The lowest BCUT2D eigenvalue weighted by Gasteiger charge is -2.23. The third-order valence-corrected chi connectivity index (χ3v) is 8.01. The Kier molecular flexibility index (Phi) is 6.36. The summed E-state index contributed by atoms with van der Waals surface area (Å²) in [7, 11) is -3.71. The van der Waals surface area contributed by atoms with Crippen LogP contribution in [-0.4, -0.2) is 44.3 Å². The molecule has 0 aliphatic carbocycles. The molecule has 6 nitrogen and oxygen atoms in total. The monoisotopic (exact) mass is 462 g/mol. The highest BCUT2D eigenvalue weighted by molar-refractivity contribution is 7.91. The highest BCUT2D eigenvalue weighted by atomic mass is 32.2. The van der Waals surface area contributed by atoms with Crippen LogP contribution in [0.3, 0.4) is 0 Å². The van der Waals surface area contributed by atoms with Crippen molar-refractivity contribution >= 4 is 42.4 Å². The van der Waals surface area contributed by atoms with Gasteiger partial charge in [0.25, 0.3) is 0 Å². The molecule has 1 aromatic heterocycles. The number of thiazole rings is 1. The summed E-state index contributed by atoms with van der Waals surface area (Å²) < 4.78 is 45.0. The smallest absolute Gasteiger partial charge is 0.229 e. The average molecular weight is 463 g/mol. The van der Waals surface area contributed by atoms with Gasteiger partial charge in [0, 0.05) is 13.0 Å². The van der Waals surface area contributed by atoms with E-state index in [-0.39, 0.29) is 29.1 Å². The normalized spacial score (nSPS) is 16.6. The van der Waals surface area contributed by atoms with Crippen molar-refractivity contribution in [2.45, 2.75) is 37.2 Å². The van der Waals surface area contributed by atoms with Crippen molar-refractivity contribution in [3.8, 4) is 0 Å². The first-order valence-electron chi connectivity index (χ1n) is 10.1. The van der Waals surface area contributed by atoms with Crippen molar-refractivity contribution in [3.05, 3.63) is 53.8 Å². The van der Waals surface area contributed by atoms with Crippen LogP contribution < -0.4 is 4.90 Å². The number of hydrogen-bond acceptors (Lipinski definition) is 6. The molecule has 1 saturated heterocycles. The number of halogens is 1. The second-order valence-corrected chi connectivity index (χ2v) is 10.7. The van der Waals surface area contributed by atoms with Crippen LogP contribution in [0.5, 0.6) is 0 Å². The first-order valence-corrected chi connectivity index (χ1v) is 12.6. The van der Waals surface area contributed by atoms with Gasteiger partial charge in [-0.1, -0.05) is 17.4 Å². The number of ether oxygens (including phenoxy) is 1. The summed E-state index contributed by atoms with van der Waals surface area (Å²) in [4.78, 5) is 19.3. The number of aromatic nitrogens is 1. The predicted octanol–water partition coefficient (Wildman–Crippen LogP) is 4.12. The van der Waals surface area contributed by atoms with Gasteiger partial charge in [0.1, 0.15) is 5.82 Å². The van der Waals surface area contributed by atoms with Gasteiger partial charge in [-0.2, -0.15) is 0 Å². The standard InChI is InChI=1S/C22H23FN2O4S2/c1-15-4-9-19-20(13-15)30-22(24-19)25(14-17-3-2-11-29-17)21(26)10-12-31(27,28)18-7-5-16(23)6-8-18/h4-9,13,17H,2-3,10-12,14H2,1H3. The molecule has 164 valence electrons. The molecule has 2 aromatic carbocycles. The molecule has 1 amide bonds. The van der Waals surface area contributed by atoms with E-state index in [1.807, 2.05) is 25.1 Å². The number of anilines is 1. The molecule has 2 heterocycles. The summed E-state index contributed by atoms with van der Waals surface area (Å²) in [6.07, 6.45) is 1.50. The van der Waals surface area contributed by atoms with E-state index in [4.69, 9.17) is 4.74 Å². The fourth-order valence-corrected chi connectivity index (χ4v) is 5.85. The zero-order valence-electron chi connectivity index (χ0n) is 17.1. The number of carbonyl (C=O) groups is 1. The fourth-order valence-electron chi connectivity index (χ4n) is 3.53. The molecular weight excluding hydrogens is 439 g/mol. The average Bonchev–Trinajstić information content (AvgIpc) is 3.39. The molecular formula is C22H23FN2O4S2. The van der Waals surface area contributed by atoms with Gasteiger partial charge < -0.3 is 4.74 Å². The molecule has 3 aromatic rings. The van der Waals surface area contributed by atoms with Crippen LogP contribution in [0.2, 0.25) is 0 Å². The van der Waals surface area contributed by atoms with Crippen molar-refractivity contribution in [1.82, 2.24) is 4.98 Å². The summed E-state index contributed by atoms with van der Waals surface area (Å²) in [6, 6.07) is 10.5. The summed E-state index contributed by atoms with van der Waals surface area (Å²) in [5.74, 6) is -1.19. The number of carbonyl (C=O) groups excluding carboxylic acids is 1. The molecule has 0 radical (unpaired) electrons. The highest BCUT2D eigenvalue weighted by Gasteiger charge is 2.27. The van der Waals surface area contributed by atoms with Gasteiger partial charge in [0.2, 0.25) is 5.91 Å². The van der Waals surface area contributed by atoms with E-state index < -0.39 is 15.7 Å². The Hall–Kier alpha value is -2.36. The Morgan fingerprint density at radius 1 is 1.26 bits per heavy atom. The van der Waals surface area contributed by atoms with Crippen LogP contribution in [-0.2, 0) is 19.4 Å². The molecule has 9 heteroatoms. The Balaban J connectivity index is 1.55. The van der Waals surface area contributed by atoms with Crippen molar-refractivity contribution in [2.75, 3.05) is 23.8 Å². The maximum Gasteiger partial charge on any atom is 0.229 e. The summed E-state index contributed by atoms with van der Waals surface area (Å²) in [6.45, 7) is 2.99. The minimum atomic E-state index is -3.71. The molecule has 0 bridgehead atoms. The lowest BCUT2D eigenvalue weighted by atomic mass is 10.2. The van der Waals surface area contributed by atoms with Gasteiger partial charge in [0.15, 0.2) is 15.0 Å². The maximum atomic E-state index is 13.1. The van der Waals surface area contributed by atoms with Crippen LogP contribution in [0.4, 0.5) is 9.52 Å². The van der Waals surface area contributed by atoms with E-state index in [1.54, 1.807) is 4.90 Å². The molecule has 31 heavy (non-hydrogen) atoms. The van der Waals surface area contributed by atoms with Crippen molar-refractivity contribution < 1.29 is 22.3 Å². The van der Waals surface area contributed by atoms with E-state index in [9.17, 15) is 17.6 Å². The minimum Gasteiger partial charge on any atom is -0.376 e. The predicted molar refractivity (Wildman–Crippen MR) is 119 cm³/mol. The van der Waals surface area contributed by atoms with Crippen LogP contribution in [0.1, 0.15) is 24.8 Å². The first-order chi connectivity index (χ1) is 14.8. The molecule has 1 aliphatic rings. The Morgan fingerprint density at radius 3 is 2.74 bits per heavy atom. The lowest BCUT2D eigenvalue weighted by Crippen LogP contribution is -2.38. The van der Waals surface area contributed by atoms with E-state index in [1.165, 1.54) is 23.5 Å². The van der Waals surface area contributed by atoms with Crippen molar-refractivity contribution in [2.24, 2.45) is 0 Å². The highest BCUT2D eigenvalue weighted by Crippen LogP contribution is 2.31. The van der Waals surface area contributed by atoms with Crippen LogP contribution in [0, 0.1) is 12.7 Å². The number of aryl methyl sites for hydroxylation is 1. The van der Waals surface area contributed by atoms with E-state index in [0.717, 1.165) is 40.8 Å². The number of sulfone groups is 1. The van der Waals surface area contributed by atoms with Gasteiger partial charge in [-0.15, -0.1) is 0 Å².